The van der Waals surface area contributed by atoms with Crippen molar-refractivity contribution in [2.24, 2.45) is 40.9 Å². The molecule has 394 valence electrons. The molecule has 0 aliphatic heterocycles. The zero-order valence-electron chi connectivity index (χ0n) is 38.8. The summed E-state index contributed by atoms with van der Waals surface area (Å²) in [7, 11) is -19.5. The first-order valence-electron chi connectivity index (χ1n) is 21.0. The van der Waals surface area contributed by atoms with Crippen LogP contribution in [0.2, 0.25) is 0 Å². The highest BCUT2D eigenvalue weighted by molar-refractivity contribution is 7.86. The molecule has 0 bridgehead atoms. The van der Waals surface area contributed by atoms with Gasteiger partial charge in [0.1, 0.15) is 22.2 Å². The average Bonchev–Trinajstić information content (AvgIpc) is 3.34. The van der Waals surface area contributed by atoms with Crippen LogP contribution in [-0.4, -0.2) is 91.4 Å². The van der Waals surface area contributed by atoms with Crippen LogP contribution in [0.25, 0.3) is 0 Å². The normalized spacial score (nSPS) is 11.8. The molecule has 0 unspecified atom stereocenters. The Balaban J connectivity index is 0.00000124. The van der Waals surface area contributed by atoms with E-state index in [4.69, 9.17) is 29.8 Å². The Morgan fingerprint density at radius 3 is 1.34 bits per heavy atom. The number of benzene rings is 6. The number of nitrogens with one attached hydrogen (secondary N) is 1. The third-order valence-corrected chi connectivity index (χ3v) is 11.8. The molecule has 0 spiro atoms. The van der Waals surface area contributed by atoms with Crippen LogP contribution in [0.3, 0.4) is 0 Å². The maximum atomic E-state index is 12.3. The largest absolute Gasteiger partial charge is 0.425 e. The fourth-order valence-electron chi connectivity index (χ4n) is 6.06. The monoisotopic (exact) mass is 1130 g/mol. The molecule has 0 amide bonds. The standard InChI is InChI=1S/C44H38N12O9S3.2O3S/c1-29-25-31(9-21-39(29)55-56-40-22-18-37(28-41(40)68(63,64)65)54-49-32-5-3-2-4-6-32)27-43-46-42(47-44(48-43)45-23-24-66(57,58)59)26-30-7-10-33(11-8-30)50-51-34-12-14-35(15-13-34)52-53-36-16-19-38(20-17-36)67(60,61)62;2*1-4(2)3/h2-22,25,28H,23-24,26-27H2,1H3,(H,57,58,59)(H,60,61,62)(H,63,64,65)(H,45,46,47,48);;. The van der Waals surface area contributed by atoms with E-state index in [2.05, 4.69) is 61.2 Å². The molecule has 0 saturated carbocycles. The van der Waals surface area contributed by atoms with Crippen molar-refractivity contribution < 1.29 is 64.2 Å². The van der Waals surface area contributed by atoms with E-state index < -0.39 is 62.2 Å². The Labute approximate surface area is 435 Å². The van der Waals surface area contributed by atoms with Gasteiger partial charge in [0.05, 0.1) is 50.5 Å². The van der Waals surface area contributed by atoms with Crippen LogP contribution >= 0.6 is 0 Å². The third kappa shape index (κ3) is 20.8. The molecule has 7 rings (SSSR count). The molecular formula is C44H38N12O15S5. The molecule has 0 radical (unpaired) electrons. The van der Waals surface area contributed by atoms with Crippen molar-refractivity contribution in [2.45, 2.75) is 29.6 Å². The summed E-state index contributed by atoms with van der Waals surface area (Å²) in [6.45, 7) is 1.62. The number of aryl methyl sites for hydroxylation is 1. The van der Waals surface area contributed by atoms with Gasteiger partial charge in [-0.25, -0.2) is 4.98 Å². The molecule has 6 aromatic carbocycles. The number of rotatable bonds is 18. The van der Waals surface area contributed by atoms with E-state index in [0.29, 0.717) is 51.3 Å². The van der Waals surface area contributed by atoms with Gasteiger partial charge in [-0.1, -0.05) is 42.5 Å². The SMILES string of the molecule is Cc1cc(Cc2nc(Cc3ccc(N=Nc4ccc(N=Nc5ccc(S(=O)(=O)O)cc5)cc4)cc3)nc(NCCS(=O)(=O)O)n2)ccc1N=Nc1ccc(N=Nc2ccccc2)cc1S(=O)(=O)O.O=S(=O)=O.O=S(=O)=O. The Bertz CT molecular complexity index is 3860. The summed E-state index contributed by atoms with van der Waals surface area (Å²) in [6, 6.07) is 37.3. The fourth-order valence-corrected chi connectivity index (χ4v) is 7.54. The molecule has 7 aromatic rings. The average molecular weight is 1140 g/mol. The second-order valence-corrected chi connectivity index (χ2v) is 20.2. The lowest BCUT2D eigenvalue weighted by Gasteiger charge is -2.10. The minimum absolute atomic E-state index is 0.102. The van der Waals surface area contributed by atoms with Gasteiger partial charge in [-0.2, -0.15) is 71.0 Å². The van der Waals surface area contributed by atoms with Gasteiger partial charge in [0.2, 0.25) is 5.95 Å². The van der Waals surface area contributed by atoms with Gasteiger partial charge in [0, 0.05) is 19.4 Å². The smallest absolute Gasteiger partial charge is 0.353 e. The van der Waals surface area contributed by atoms with Crippen LogP contribution in [0.1, 0.15) is 28.3 Å². The lowest BCUT2D eigenvalue weighted by atomic mass is 10.1. The molecule has 0 aliphatic carbocycles. The minimum Gasteiger partial charge on any atom is -0.353 e. The van der Waals surface area contributed by atoms with E-state index in [9.17, 15) is 34.4 Å². The van der Waals surface area contributed by atoms with Gasteiger partial charge in [0.25, 0.3) is 30.4 Å². The predicted octanol–water partition coefficient (Wildman–Crippen LogP) is 8.81. The summed E-state index contributed by atoms with van der Waals surface area (Å²) in [4.78, 5) is 12.9. The summed E-state index contributed by atoms with van der Waals surface area (Å²) in [5.41, 5.74) is 5.31. The van der Waals surface area contributed by atoms with Gasteiger partial charge < -0.3 is 5.32 Å². The van der Waals surface area contributed by atoms with Crippen molar-refractivity contribution in [1.29, 1.82) is 0 Å². The first-order valence-corrected chi connectivity index (χ1v) is 27.5. The second kappa shape index (κ2) is 27.2. The molecule has 0 fully saturated rings. The first kappa shape index (κ1) is 58.4. The van der Waals surface area contributed by atoms with Gasteiger partial charge in [-0.15, -0.1) is 30.4 Å². The fraction of sp³-hybridized carbons (Fsp3) is 0.114. The Morgan fingerprint density at radius 1 is 0.461 bits per heavy atom. The van der Waals surface area contributed by atoms with Gasteiger partial charge in [-0.05, 0) is 121 Å². The van der Waals surface area contributed by atoms with Crippen LogP contribution in [-0.2, 0) is 64.4 Å². The van der Waals surface area contributed by atoms with E-state index in [1.165, 1.54) is 36.4 Å². The van der Waals surface area contributed by atoms with Crippen LogP contribution in [0.4, 0.5) is 51.4 Å². The summed E-state index contributed by atoms with van der Waals surface area (Å²) in [5, 5.41) is 36.1. The molecule has 0 atom stereocenters. The zero-order valence-corrected chi connectivity index (χ0v) is 42.9. The number of anilines is 1. The highest BCUT2D eigenvalue weighted by atomic mass is 32.2. The van der Waals surface area contributed by atoms with E-state index in [-0.39, 0.29) is 41.6 Å². The lowest BCUT2D eigenvalue weighted by molar-refractivity contribution is 0.481. The van der Waals surface area contributed by atoms with Gasteiger partial charge in [0.15, 0.2) is 0 Å². The maximum Gasteiger partial charge on any atom is 0.425 e. The van der Waals surface area contributed by atoms with Gasteiger partial charge in [-0.3, -0.25) is 13.7 Å². The van der Waals surface area contributed by atoms with Crippen molar-refractivity contribution in [3.05, 3.63) is 168 Å². The molecule has 0 aliphatic rings. The van der Waals surface area contributed by atoms with Crippen LogP contribution in [0.15, 0.2) is 190 Å². The summed E-state index contributed by atoms with van der Waals surface area (Å²) >= 11 is 0. The number of nitrogens with zero attached hydrogens (tertiary/aromatic N) is 11. The number of azo groups is 4. The van der Waals surface area contributed by atoms with Crippen molar-refractivity contribution in [3.8, 4) is 0 Å². The number of aromatic nitrogens is 3. The highest BCUT2D eigenvalue weighted by Gasteiger charge is 2.18. The molecule has 4 N–H and O–H groups in total. The van der Waals surface area contributed by atoms with Crippen LogP contribution < -0.4 is 5.32 Å². The molecular weight excluding hydrogens is 1100 g/mol. The quantitative estimate of drug-likeness (QED) is 0.0460. The maximum absolute atomic E-state index is 12.3. The van der Waals surface area contributed by atoms with E-state index in [1.807, 2.05) is 24.3 Å². The van der Waals surface area contributed by atoms with Crippen LogP contribution in [0, 0.1) is 6.92 Å². The Kier molecular flexibility index (Phi) is 20.9. The van der Waals surface area contributed by atoms with Crippen molar-refractivity contribution >= 4 is 103 Å². The topological polar surface area (TPSA) is 415 Å². The number of hydrogen-bond donors (Lipinski definition) is 4. The summed E-state index contributed by atoms with van der Waals surface area (Å²) in [5.74, 6) is 0.256. The number of hydrogen-bond acceptors (Lipinski definition) is 24. The van der Waals surface area contributed by atoms with Crippen molar-refractivity contribution in [2.75, 3.05) is 17.6 Å². The third-order valence-electron chi connectivity index (χ3n) is 9.36. The van der Waals surface area contributed by atoms with Crippen molar-refractivity contribution in [3.63, 3.8) is 0 Å². The Morgan fingerprint density at radius 2 is 0.868 bits per heavy atom. The Hall–Kier alpha value is -8.50. The summed E-state index contributed by atoms with van der Waals surface area (Å²) in [6.07, 6.45) is 0.491. The highest BCUT2D eigenvalue weighted by Crippen LogP contribution is 2.32. The molecule has 32 heteroatoms. The van der Waals surface area contributed by atoms with Crippen molar-refractivity contribution in [1.82, 2.24) is 15.0 Å². The second-order valence-electron chi connectivity index (χ2n) is 15.0. The van der Waals surface area contributed by atoms with E-state index >= 15 is 0 Å². The van der Waals surface area contributed by atoms with E-state index in [1.54, 1.807) is 79.7 Å². The van der Waals surface area contributed by atoms with Gasteiger partial charge >= 0.3 is 21.2 Å². The zero-order chi connectivity index (χ0) is 55.5. The molecule has 0 saturated heterocycles. The lowest BCUT2D eigenvalue weighted by Crippen LogP contribution is -2.17. The molecule has 1 heterocycles. The first-order chi connectivity index (χ1) is 35.9. The minimum atomic E-state index is -4.71. The van der Waals surface area contributed by atoms with E-state index in [0.717, 1.165) is 17.2 Å². The summed E-state index contributed by atoms with van der Waals surface area (Å²) < 4.78 is 149. The molecule has 27 nitrogen and oxygen atoms in total. The molecule has 76 heavy (non-hydrogen) atoms. The predicted molar refractivity (Wildman–Crippen MR) is 269 cm³/mol. The molecule has 1 aromatic heterocycles. The van der Waals surface area contributed by atoms with Crippen LogP contribution in [0.5, 0.6) is 0 Å².